The van der Waals surface area contributed by atoms with E-state index in [2.05, 4.69) is 26.7 Å². The zero-order valence-electron chi connectivity index (χ0n) is 18.7. The Bertz CT molecular complexity index is 1310. The predicted molar refractivity (Wildman–Crippen MR) is 129 cm³/mol. The van der Waals surface area contributed by atoms with Crippen LogP contribution >= 0.6 is 27.5 Å². The van der Waals surface area contributed by atoms with Gasteiger partial charge in [0.1, 0.15) is 11.6 Å². The molecule has 182 valence electrons. The first kappa shape index (κ1) is 25.1. The Labute approximate surface area is 213 Å². The highest BCUT2D eigenvalue weighted by atomic mass is 79.9. The minimum absolute atomic E-state index is 0.0955. The molecule has 0 amide bonds. The summed E-state index contributed by atoms with van der Waals surface area (Å²) in [5, 5.41) is 10.6. The van der Waals surface area contributed by atoms with Crippen molar-refractivity contribution in [1.82, 2.24) is 0 Å². The summed E-state index contributed by atoms with van der Waals surface area (Å²) in [7, 11) is 0. The normalized spacial score (nSPS) is 20.0. The van der Waals surface area contributed by atoms with Crippen LogP contribution in [0.1, 0.15) is 38.2 Å². The van der Waals surface area contributed by atoms with Crippen molar-refractivity contribution in [2.45, 2.75) is 39.0 Å². The van der Waals surface area contributed by atoms with Gasteiger partial charge in [-0.3, -0.25) is 9.69 Å². The van der Waals surface area contributed by atoms with Crippen LogP contribution in [0.2, 0.25) is 5.02 Å². The van der Waals surface area contributed by atoms with Gasteiger partial charge in [0.2, 0.25) is 0 Å². The number of rotatable bonds is 3. The SMILES string of the molecule is CC1(C)CC(=O)C2=C(C1)N(c1ccc(OC(F)(F)F)cc1)C(N)=C(C#N)C2c1cc(Cl)ccc1Br. The fourth-order valence-electron chi connectivity index (χ4n) is 4.65. The first-order valence-electron chi connectivity index (χ1n) is 10.6. The van der Waals surface area contributed by atoms with Gasteiger partial charge in [-0.1, -0.05) is 41.4 Å². The molecule has 35 heavy (non-hydrogen) atoms. The molecule has 0 aromatic heterocycles. The standard InChI is InChI=1S/C25H20BrClF3N3O2/c1-24(2)10-19-22(20(34)11-24)21(16-9-13(27)3-8-18(16)26)17(12-31)23(32)33(19)14-4-6-15(7-5-14)35-25(28,29)30/h3-9,21H,10-11,32H2,1-2H3. The van der Waals surface area contributed by atoms with Crippen LogP contribution in [0.4, 0.5) is 18.9 Å². The Balaban J connectivity index is 1.93. The smallest absolute Gasteiger partial charge is 0.406 e. The molecule has 1 unspecified atom stereocenters. The van der Waals surface area contributed by atoms with Crippen molar-refractivity contribution in [3.05, 3.63) is 80.2 Å². The van der Waals surface area contributed by atoms with E-state index >= 15 is 0 Å². The number of ether oxygens (including phenoxy) is 1. The van der Waals surface area contributed by atoms with Crippen LogP contribution in [0.25, 0.3) is 0 Å². The third-order valence-corrected chi connectivity index (χ3v) is 6.94. The minimum Gasteiger partial charge on any atom is -0.406 e. The van der Waals surface area contributed by atoms with Gasteiger partial charge in [0.25, 0.3) is 0 Å². The van der Waals surface area contributed by atoms with Crippen molar-refractivity contribution in [2.75, 3.05) is 4.90 Å². The third kappa shape index (κ3) is 4.91. The number of carbonyl (C=O) groups is 1. The van der Waals surface area contributed by atoms with Gasteiger partial charge in [0.05, 0.1) is 17.6 Å². The molecule has 0 saturated heterocycles. The molecule has 2 aromatic carbocycles. The van der Waals surface area contributed by atoms with E-state index in [1.54, 1.807) is 23.1 Å². The largest absolute Gasteiger partial charge is 0.573 e. The van der Waals surface area contributed by atoms with Crippen molar-refractivity contribution in [3.63, 3.8) is 0 Å². The second-order valence-electron chi connectivity index (χ2n) is 9.19. The summed E-state index contributed by atoms with van der Waals surface area (Å²) in [5.74, 6) is -1.17. The zero-order chi connectivity index (χ0) is 25.7. The second kappa shape index (κ2) is 8.92. The predicted octanol–water partition coefficient (Wildman–Crippen LogP) is 6.94. The van der Waals surface area contributed by atoms with Crippen molar-refractivity contribution in [2.24, 2.45) is 11.1 Å². The van der Waals surface area contributed by atoms with Crippen molar-refractivity contribution < 1.29 is 22.7 Å². The number of ketones is 1. The highest BCUT2D eigenvalue weighted by Crippen LogP contribution is 2.51. The van der Waals surface area contributed by atoms with Crippen molar-refractivity contribution in [1.29, 1.82) is 5.26 Å². The molecule has 0 bridgehead atoms. The van der Waals surface area contributed by atoms with E-state index in [0.29, 0.717) is 38.4 Å². The molecule has 1 aliphatic heterocycles. The third-order valence-electron chi connectivity index (χ3n) is 5.98. The Hall–Kier alpha value is -2.96. The van der Waals surface area contributed by atoms with Gasteiger partial charge in [-0.25, -0.2) is 0 Å². The highest BCUT2D eigenvalue weighted by Gasteiger charge is 2.45. The molecule has 0 spiro atoms. The summed E-state index contributed by atoms with van der Waals surface area (Å²) in [5.41, 5.74) is 8.36. The average Bonchev–Trinajstić information content (AvgIpc) is 2.74. The number of alkyl halides is 3. The molecule has 1 atom stereocenters. The fourth-order valence-corrected chi connectivity index (χ4v) is 5.30. The van der Waals surface area contributed by atoms with E-state index in [0.717, 1.165) is 12.1 Å². The molecular formula is C25H20BrClF3N3O2. The molecule has 0 radical (unpaired) electrons. The Morgan fingerprint density at radius 2 is 1.86 bits per heavy atom. The van der Waals surface area contributed by atoms with E-state index < -0.39 is 23.4 Å². The summed E-state index contributed by atoms with van der Waals surface area (Å²) in [6.45, 7) is 3.91. The van der Waals surface area contributed by atoms with Crippen LogP contribution in [-0.2, 0) is 4.79 Å². The number of halogens is 5. The van der Waals surface area contributed by atoms with E-state index in [9.17, 15) is 23.2 Å². The van der Waals surface area contributed by atoms with Gasteiger partial charge in [0, 0.05) is 32.9 Å². The Morgan fingerprint density at radius 3 is 2.46 bits per heavy atom. The molecule has 2 N–H and O–H groups in total. The zero-order valence-corrected chi connectivity index (χ0v) is 21.1. The van der Waals surface area contributed by atoms with Gasteiger partial charge in [-0.2, -0.15) is 5.26 Å². The lowest BCUT2D eigenvalue weighted by molar-refractivity contribution is -0.274. The van der Waals surface area contributed by atoms with E-state index in [4.69, 9.17) is 17.3 Å². The number of Topliss-reactive ketones (excluding diaryl/α,β-unsaturated/α-hetero) is 1. The number of anilines is 1. The van der Waals surface area contributed by atoms with Gasteiger partial charge >= 0.3 is 6.36 Å². The summed E-state index contributed by atoms with van der Waals surface area (Å²) < 4.78 is 42.5. The number of benzene rings is 2. The van der Waals surface area contributed by atoms with Gasteiger partial charge in [-0.15, -0.1) is 13.2 Å². The van der Waals surface area contributed by atoms with Crippen LogP contribution in [0.3, 0.4) is 0 Å². The Kier molecular flexibility index (Phi) is 6.41. The van der Waals surface area contributed by atoms with E-state index in [1.165, 1.54) is 12.1 Å². The molecule has 4 rings (SSSR count). The lowest BCUT2D eigenvalue weighted by Crippen LogP contribution is -2.42. The van der Waals surface area contributed by atoms with Crippen LogP contribution in [0.15, 0.2) is 69.6 Å². The topological polar surface area (TPSA) is 79.3 Å². The number of nitriles is 1. The Morgan fingerprint density at radius 1 is 1.20 bits per heavy atom. The fraction of sp³-hybridized carbons (Fsp3) is 0.280. The summed E-state index contributed by atoms with van der Waals surface area (Å²) in [4.78, 5) is 15.1. The highest BCUT2D eigenvalue weighted by molar-refractivity contribution is 9.10. The molecule has 5 nitrogen and oxygen atoms in total. The number of nitrogens with two attached hydrogens (primary N) is 1. The van der Waals surface area contributed by atoms with Gasteiger partial charge in [0.15, 0.2) is 5.78 Å². The second-order valence-corrected chi connectivity index (χ2v) is 10.5. The summed E-state index contributed by atoms with van der Waals surface area (Å²) in [6, 6.07) is 12.4. The average molecular weight is 567 g/mol. The molecule has 1 aliphatic carbocycles. The lowest BCUT2D eigenvalue weighted by Gasteiger charge is -2.44. The number of allylic oxidation sites excluding steroid dienone is 3. The molecule has 10 heteroatoms. The maximum Gasteiger partial charge on any atom is 0.573 e. The maximum atomic E-state index is 13.5. The number of hydrogen-bond donors (Lipinski definition) is 1. The summed E-state index contributed by atoms with van der Waals surface area (Å²) >= 11 is 9.76. The quantitative estimate of drug-likeness (QED) is 0.435. The maximum absolute atomic E-state index is 13.5. The summed E-state index contributed by atoms with van der Waals surface area (Å²) in [6.07, 6.45) is -4.10. The van der Waals surface area contributed by atoms with Crippen LogP contribution < -0.4 is 15.4 Å². The van der Waals surface area contributed by atoms with Gasteiger partial charge in [-0.05, 0) is 59.9 Å². The van der Waals surface area contributed by atoms with Crippen LogP contribution in [0, 0.1) is 16.7 Å². The van der Waals surface area contributed by atoms with Crippen molar-refractivity contribution >= 4 is 39.0 Å². The first-order valence-corrected chi connectivity index (χ1v) is 11.8. The molecule has 2 aromatic rings. The number of nitrogens with zero attached hydrogens (tertiary/aromatic N) is 2. The van der Waals surface area contributed by atoms with E-state index in [-0.39, 0.29) is 23.6 Å². The monoisotopic (exact) mass is 565 g/mol. The molecular weight excluding hydrogens is 547 g/mol. The number of carbonyl (C=O) groups excluding carboxylic acids is 1. The first-order chi connectivity index (χ1) is 16.3. The molecule has 1 heterocycles. The van der Waals surface area contributed by atoms with Crippen molar-refractivity contribution in [3.8, 4) is 11.8 Å². The van der Waals surface area contributed by atoms with E-state index in [1.807, 2.05) is 13.8 Å². The number of hydrogen-bond acceptors (Lipinski definition) is 5. The molecule has 2 aliphatic rings. The van der Waals surface area contributed by atoms with Gasteiger partial charge < -0.3 is 10.5 Å². The van der Waals surface area contributed by atoms with Crippen LogP contribution in [-0.4, -0.2) is 12.1 Å². The molecule has 0 fully saturated rings. The molecule has 0 saturated carbocycles. The lowest BCUT2D eigenvalue weighted by atomic mass is 9.68. The van der Waals surface area contributed by atoms with Crippen LogP contribution in [0.5, 0.6) is 5.75 Å². The minimum atomic E-state index is -4.83.